The van der Waals surface area contributed by atoms with E-state index in [4.69, 9.17) is 16.1 Å². The topological polar surface area (TPSA) is 90.8 Å². The quantitative estimate of drug-likeness (QED) is 0.599. The molecule has 1 saturated carbocycles. The maximum atomic E-state index is 12.6. The van der Waals surface area contributed by atoms with E-state index in [2.05, 4.69) is 26.6 Å². The van der Waals surface area contributed by atoms with Gasteiger partial charge in [0.15, 0.2) is 11.6 Å². The number of pyridine rings is 1. The first-order valence-corrected chi connectivity index (χ1v) is 11.2. The van der Waals surface area contributed by atoms with Gasteiger partial charge >= 0.3 is 6.61 Å². The van der Waals surface area contributed by atoms with Crippen LogP contribution in [0.5, 0.6) is 5.75 Å². The zero-order valence-electron chi connectivity index (χ0n) is 18.9. The number of hydrogen-bond acceptors (Lipinski definition) is 7. The number of nitrogens with two attached hydrogens (primary N) is 1. The van der Waals surface area contributed by atoms with Gasteiger partial charge in [-0.1, -0.05) is 5.57 Å². The molecule has 2 unspecified atom stereocenters. The molecule has 0 radical (unpaired) electrons. The third-order valence-electron chi connectivity index (χ3n) is 6.56. The molecule has 9 heteroatoms. The van der Waals surface area contributed by atoms with Crippen molar-refractivity contribution in [1.82, 2.24) is 14.8 Å². The fraction of sp³-hybridized carbons (Fsp3) is 0.609. The minimum atomic E-state index is -2.99. The smallest absolute Gasteiger partial charge is 0.387 e. The van der Waals surface area contributed by atoms with Crippen molar-refractivity contribution in [3.8, 4) is 5.75 Å². The lowest BCUT2D eigenvalue weighted by Gasteiger charge is -2.36. The Balaban J connectivity index is 1.45. The van der Waals surface area contributed by atoms with Gasteiger partial charge in [0.25, 0.3) is 0 Å². The second-order valence-electron chi connectivity index (χ2n) is 9.24. The highest BCUT2D eigenvalue weighted by atomic mass is 19.3. The average Bonchev–Trinajstić information content (AvgIpc) is 3.22. The number of rotatable bonds is 8. The number of aromatic nitrogens is 1. The number of alkyl halides is 2. The molecule has 1 aromatic heterocycles. The number of fused-ring (bicyclic) bond motifs is 1. The van der Waals surface area contributed by atoms with Crippen LogP contribution in [-0.4, -0.2) is 78.1 Å². The highest BCUT2D eigenvalue weighted by Crippen LogP contribution is 2.54. The lowest BCUT2D eigenvalue weighted by Crippen LogP contribution is -2.48. The molecule has 32 heavy (non-hydrogen) atoms. The first kappa shape index (κ1) is 22.8. The maximum Gasteiger partial charge on any atom is 0.387 e. The monoisotopic (exact) mass is 446 g/mol. The minimum absolute atomic E-state index is 0.114. The summed E-state index contributed by atoms with van der Waals surface area (Å²) >= 11 is 0. The molecule has 1 saturated heterocycles. The van der Waals surface area contributed by atoms with Crippen LogP contribution in [0.25, 0.3) is 0 Å². The van der Waals surface area contributed by atoms with Gasteiger partial charge in [0.05, 0.1) is 0 Å². The van der Waals surface area contributed by atoms with E-state index in [-0.39, 0.29) is 23.3 Å². The number of anilines is 1. The average molecular weight is 447 g/mol. The maximum absolute atomic E-state index is 12.6. The molecular weight excluding hydrogens is 414 g/mol. The van der Waals surface area contributed by atoms with Gasteiger partial charge in [-0.05, 0) is 45.4 Å². The van der Waals surface area contributed by atoms with Crippen molar-refractivity contribution in [1.29, 1.82) is 5.41 Å². The van der Waals surface area contributed by atoms with Gasteiger partial charge in [0.2, 0.25) is 0 Å². The van der Waals surface area contributed by atoms with Crippen LogP contribution in [-0.2, 0) is 0 Å². The largest absolute Gasteiger partial charge is 0.431 e. The SMILES string of the molecule is CC(C)N=C(CC(=N)c1cnc(N)c(OC(F)F)c1)C1=C2CC(N3CCN(C)CC3)CC21. The van der Waals surface area contributed by atoms with Gasteiger partial charge < -0.3 is 20.8 Å². The van der Waals surface area contributed by atoms with Crippen molar-refractivity contribution in [3.05, 3.63) is 29.0 Å². The molecule has 4 rings (SSSR count). The van der Waals surface area contributed by atoms with Gasteiger partial charge in [-0.3, -0.25) is 9.89 Å². The molecular formula is C23H32F2N6O. The van der Waals surface area contributed by atoms with Crippen molar-refractivity contribution in [2.45, 2.75) is 51.8 Å². The summed E-state index contributed by atoms with van der Waals surface area (Å²) in [5.41, 5.74) is 10.0. The van der Waals surface area contributed by atoms with Crippen molar-refractivity contribution in [2.24, 2.45) is 10.9 Å². The fourth-order valence-corrected chi connectivity index (χ4v) is 4.90. The molecule has 0 amide bonds. The molecule has 3 aliphatic rings. The predicted molar refractivity (Wildman–Crippen MR) is 122 cm³/mol. The summed E-state index contributed by atoms with van der Waals surface area (Å²) in [4.78, 5) is 13.7. The lowest BCUT2D eigenvalue weighted by molar-refractivity contribution is -0.0495. The number of allylic oxidation sites excluding steroid dienone is 1. The van der Waals surface area contributed by atoms with Crippen LogP contribution in [0.4, 0.5) is 14.6 Å². The van der Waals surface area contributed by atoms with Crippen LogP contribution in [0.15, 0.2) is 28.4 Å². The van der Waals surface area contributed by atoms with E-state index in [9.17, 15) is 8.78 Å². The van der Waals surface area contributed by atoms with Gasteiger partial charge in [-0.2, -0.15) is 8.78 Å². The van der Waals surface area contributed by atoms with E-state index in [1.807, 2.05) is 13.8 Å². The van der Waals surface area contributed by atoms with E-state index in [0.717, 1.165) is 44.7 Å². The van der Waals surface area contributed by atoms with Gasteiger partial charge in [0, 0.05) is 73.8 Å². The van der Waals surface area contributed by atoms with Crippen LogP contribution in [0.2, 0.25) is 0 Å². The van der Waals surface area contributed by atoms with Crippen LogP contribution in [0, 0.1) is 11.3 Å². The highest BCUT2D eigenvalue weighted by molar-refractivity contribution is 6.19. The second-order valence-corrected chi connectivity index (χ2v) is 9.24. The number of ether oxygens (including phenoxy) is 1. The van der Waals surface area contributed by atoms with E-state index in [1.54, 1.807) is 0 Å². The Morgan fingerprint density at radius 1 is 1.31 bits per heavy atom. The van der Waals surface area contributed by atoms with E-state index in [1.165, 1.54) is 23.4 Å². The molecule has 1 aromatic rings. The predicted octanol–water partition coefficient (Wildman–Crippen LogP) is 3.21. The Morgan fingerprint density at radius 3 is 2.62 bits per heavy atom. The Kier molecular flexibility index (Phi) is 6.57. The Labute approximate surface area is 187 Å². The van der Waals surface area contributed by atoms with Crippen molar-refractivity contribution in [2.75, 3.05) is 39.0 Å². The highest BCUT2D eigenvalue weighted by Gasteiger charge is 2.48. The third-order valence-corrected chi connectivity index (χ3v) is 6.56. The second kappa shape index (κ2) is 9.23. The van der Waals surface area contributed by atoms with Crippen LogP contribution >= 0.6 is 0 Å². The first-order chi connectivity index (χ1) is 15.2. The molecule has 3 N–H and O–H groups in total. The van der Waals surface area contributed by atoms with Gasteiger partial charge in [0.1, 0.15) is 0 Å². The van der Waals surface area contributed by atoms with Gasteiger partial charge in [-0.15, -0.1) is 0 Å². The summed E-state index contributed by atoms with van der Waals surface area (Å²) in [7, 11) is 2.17. The van der Waals surface area contributed by atoms with Crippen molar-refractivity contribution in [3.63, 3.8) is 0 Å². The van der Waals surface area contributed by atoms with Crippen LogP contribution < -0.4 is 10.5 Å². The first-order valence-electron chi connectivity index (χ1n) is 11.2. The summed E-state index contributed by atoms with van der Waals surface area (Å²) in [6.45, 7) is 5.56. The standard InChI is InChI=1S/C23H32F2N6O/c1-13(2)29-19(11-18(26)14-8-20(32-23(24)25)22(27)28-12-14)21-16-9-15(10-17(16)21)31-6-4-30(3)5-7-31/h8,12-13,15-16,23,26H,4-7,9-11H2,1-3H3,(H2,27,28). The lowest BCUT2D eigenvalue weighted by atomic mass is 10.00. The molecule has 0 spiro atoms. The summed E-state index contributed by atoms with van der Waals surface area (Å²) in [6.07, 6.45) is 3.99. The van der Waals surface area contributed by atoms with Crippen LogP contribution in [0.3, 0.4) is 0 Å². The number of halogens is 2. The number of piperazine rings is 1. The zero-order valence-corrected chi connectivity index (χ0v) is 18.9. The Bertz CT molecular complexity index is 936. The minimum Gasteiger partial charge on any atom is -0.431 e. The molecule has 2 aliphatic carbocycles. The number of aliphatic imine (C=N–C) groups is 1. The van der Waals surface area contributed by atoms with Gasteiger partial charge in [-0.25, -0.2) is 4.98 Å². The molecule has 2 heterocycles. The van der Waals surface area contributed by atoms with Crippen molar-refractivity contribution >= 4 is 17.2 Å². The van der Waals surface area contributed by atoms with Crippen molar-refractivity contribution < 1.29 is 13.5 Å². The number of nitrogens with one attached hydrogen (secondary N) is 1. The van der Waals surface area contributed by atoms with Crippen LogP contribution in [0.1, 0.15) is 38.7 Å². The van der Waals surface area contributed by atoms with E-state index >= 15 is 0 Å². The molecule has 174 valence electrons. The summed E-state index contributed by atoms with van der Waals surface area (Å²) < 4.78 is 29.7. The normalized spacial score (nSPS) is 24.4. The fourth-order valence-electron chi connectivity index (χ4n) is 4.90. The number of likely N-dealkylation sites (N-methyl/N-ethyl adjacent to an activating group) is 1. The third kappa shape index (κ3) is 4.99. The summed E-state index contributed by atoms with van der Waals surface area (Å²) in [6, 6.07) is 2.09. The molecule has 2 fully saturated rings. The van der Waals surface area contributed by atoms with E-state index in [0.29, 0.717) is 23.9 Å². The Morgan fingerprint density at radius 2 is 2.03 bits per heavy atom. The summed E-state index contributed by atoms with van der Waals surface area (Å²) in [5.74, 6) is 0.159. The summed E-state index contributed by atoms with van der Waals surface area (Å²) in [5, 5.41) is 8.56. The molecule has 0 aromatic carbocycles. The number of hydrogen-bond donors (Lipinski definition) is 2. The Hall–Kier alpha value is -2.39. The zero-order chi connectivity index (χ0) is 23.0. The molecule has 1 aliphatic heterocycles. The van der Waals surface area contributed by atoms with E-state index < -0.39 is 6.61 Å². The molecule has 2 atom stereocenters. The molecule has 0 bridgehead atoms. The number of nitrogens with zero attached hydrogens (tertiary/aromatic N) is 4. The number of nitrogen functional groups attached to an aromatic ring is 1. The molecule has 7 nitrogen and oxygen atoms in total.